The first kappa shape index (κ1) is 29.4. The Morgan fingerprint density at radius 1 is 1.02 bits per heavy atom. The number of amides is 2. The summed E-state index contributed by atoms with van der Waals surface area (Å²) in [7, 11) is 3.27. The number of rotatable bonds is 11. The van der Waals surface area contributed by atoms with Gasteiger partial charge in [-0.05, 0) is 36.8 Å². The first-order valence-electron chi connectivity index (χ1n) is 13.8. The summed E-state index contributed by atoms with van der Waals surface area (Å²) in [5.41, 5.74) is 3.66. The topological polar surface area (TPSA) is 98.5 Å². The molecule has 5 rings (SSSR count). The van der Waals surface area contributed by atoms with Crippen LogP contribution in [0.1, 0.15) is 17.0 Å². The molecule has 2 N–H and O–H groups in total. The molecule has 0 radical (unpaired) electrons. The quantitative estimate of drug-likeness (QED) is 0.276. The maximum atomic E-state index is 14.1. The minimum atomic E-state index is -0.911. The Balaban J connectivity index is 1.41. The average molecular weight is 580 g/mol. The second-order valence-corrected chi connectivity index (χ2v) is 10.3. The van der Waals surface area contributed by atoms with Gasteiger partial charge in [0.15, 0.2) is 11.6 Å². The number of benzene rings is 2. The zero-order valence-corrected chi connectivity index (χ0v) is 23.9. The van der Waals surface area contributed by atoms with Gasteiger partial charge in [-0.15, -0.1) is 0 Å². The van der Waals surface area contributed by atoms with E-state index in [1.165, 1.54) is 6.07 Å². The predicted octanol–water partition coefficient (Wildman–Crippen LogP) is 4.20. The number of para-hydroxylation sites is 1. The van der Waals surface area contributed by atoms with Gasteiger partial charge in [0, 0.05) is 57.1 Å². The number of anilines is 1. The van der Waals surface area contributed by atoms with Crippen LogP contribution in [0.5, 0.6) is 0 Å². The van der Waals surface area contributed by atoms with Crippen molar-refractivity contribution < 1.29 is 23.0 Å². The number of carbonyl (C=O) groups excluding carboxylic acids is 1. The Morgan fingerprint density at radius 2 is 1.79 bits per heavy atom. The summed E-state index contributed by atoms with van der Waals surface area (Å²) in [5.74, 6) is -1.54. The number of urea groups is 1. The van der Waals surface area contributed by atoms with Crippen LogP contribution in [0.4, 0.5) is 19.4 Å². The molecule has 0 unspecified atom stereocenters. The van der Waals surface area contributed by atoms with Gasteiger partial charge in [0.1, 0.15) is 11.5 Å². The highest BCUT2D eigenvalue weighted by molar-refractivity contribution is 5.91. The van der Waals surface area contributed by atoms with E-state index < -0.39 is 17.7 Å². The van der Waals surface area contributed by atoms with Crippen LogP contribution in [0.25, 0.3) is 16.9 Å². The summed E-state index contributed by atoms with van der Waals surface area (Å²) in [6.45, 7) is 5.30. The molecule has 0 saturated carbocycles. The monoisotopic (exact) mass is 579 g/mol. The van der Waals surface area contributed by atoms with E-state index in [0.717, 1.165) is 22.9 Å². The fourth-order valence-electron chi connectivity index (χ4n) is 5.29. The summed E-state index contributed by atoms with van der Waals surface area (Å²) in [5, 5.41) is 15.3. The second kappa shape index (κ2) is 13.2. The number of nitrogens with zero attached hydrogens (tertiary/aromatic N) is 5. The normalized spacial score (nSPS) is 17.1. The van der Waals surface area contributed by atoms with E-state index in [1.54, 1.807) is 35.8 Å². The molecule has 0 spiro atoms. The molecule has 222 valence electrons. The second-order valence-electron chi connectivity index (χ2n) is 10.3. The van der Waals surface area contributed by atoms with E-state index in [4.69, 9.17) is 14.6 Å². The van der Waals surface area contributed by atoms with Crippen molar-refractivity contribution in [2.75, 3.05) is 52.4 Å². The summed E-state index contributed by atoms with van der Waals surface area (Å²) < 4.78 is 41.7. The van der Waals surface area contributed by atoms with E-state index >= 15 is 0 Å². The van der Waals surface area contributed by atoms with Gasteiger partial charge in [-0.1, -0.05) is 24.3 Å². The number of methoxy groups -OCH3 is 2. The summed E-state index contributed by atoms with van der Waals surface area (Å²) in [4.78, 5) is 15.7. The molecular weight excluding hydrogens is 544 g/mol. The van der Waals surface area contributed by atoms with E-state index in [-0.39, 0.29) is 12.0 Å². The summed E-state index contributed by atoms with van der Waals surface area (Å²) in [6, 6.07) is 12.7. The third-order valence-corrected chi connectivity index (χ3v) is 7.48. The van der Waals surface area contributed by atoms with Crippen molar-refractivity contribution >= 4 is 11.8 Å². The zero-order valence-electron chi connectivity index (χ0n) is 23.9. The standard InChI is InChI=1S/C30H35F2N7O3/c1-20-28(22-16-33-38(17-22)12-14-42-3)36-39(23-7-5-4-6-8-23)29(20)35-30(40)34-27-19-37(11-13-41-2)18-24(27)21-9-10-25(31)26(32)15-21/h4-10,15-17,24,27H,11-14,18-19H2,1-3H3,(H2,34,35,40)/t24-,27+/m0/s1. The third-order valence-electron chi connectivity index (χ3n) is 7.48. The van der Waals surface area contributed by atoms with Crippen LogP contribution in [0.15, 0.2) is 60.9 Å². The molecule has 3 heterocycles. The van der Waals surface area contributed by atoms with Crippen LogP contribution < -0.4 is 10.6 Å². The first-order valence-corrected chi connectivity index (χ1v) is 13.8. The van der Waals surface area contributed by atoms with E-state index in [9.17, 15) is 13.6 Å². The lowest BCUT2D eigenvalue weighted by atomic mass is 9.94. The fourth-order valence-corrected chi connectivity index (χ4v) is 5.29. The molecule has 1 aliphatic heterocycles. The van der Waals surface area contributed by atoms with Crippen LogP contribution in [0.3, 0.4) is 0 Å². The highest BCUT2D eigenvalue weighted by atomic mass is 19.2. The molecule has 42 heavy (non-hydrogen) atoms. The van der Waals surface area contributed by atoms with Gasteiger partial charge >= 0.3 is 6.03 Å². The lowest BCUT2D eigenvalue weighted by Gasteiger charge is -2.21. The van der Waals surface area contributed by atoms with E-state index in [1.807, 2.05) is 43.5 Å². The largest absolute Gasteiger partial charge is 0.383 e. The fraction of sp³-hybridized carbons (Fsp3) is 0.367. The molecular formula is C30H35F2N7O3. The number of aromatic nitrogens is 4. The van der Waals surface area contributed by atoms with Crippen LogP contribution in [0, 0.1) is 18.6 Å². The minimum Gasteiger partial charge on any atom is -0.383 e. The number of halogens is 2. The van der Waals surface area contributed by atoms with Gasteiger partial charge < -0.3 is 14.8 Å². The van der Waals surface area contributed by atoms with Gasteiger partial charge in [-0.2, -0.15) is 10.2 Å². The molecule has 0 aliphatic carbocycles. The Kier molecular flexibility index (Phi) is 9.25. The van der Waals surface area contributed by atoms with Gasteiger partial charge in [-0.25, -0.2) is 18.3 Å². The molecule has 1 aliphatic rings. The van der Waals surface area contributed by atoms with Gasteiger partial charge in [0.25, 0.3) is 0 Å². The van der Waals surface area contributed by atoms with Crippen molar-refractivity contribution in [2.45, 2.75) is 25.4 Å². The van der Waals surface area contributed by atoms with Crippen LogP contribution in [-0.2, 0) is 16.0 Å². The van der Waals surface area contributed by atoms with Crippen molar-refractivity contribution in [3.63, 3.8) is 0 Å². The Bertz CT molecular complexity index is 1510. The molecule has 2 aromatic carbocycles. The molecule has 1 saturated heterocycles. The van der Waals surface area contributed by atoms with E-state index in [0.29, 0.717) is 56.5 Å². The van der Waals surface area contributed by atoms with Crippen molar-refractivity contribution in [2.24, 2.45) is 0 Å². The van der Waals surface area contributed by atoms with E-state index in [2.05, 4.69) is 20.6 Å². The Labute approximate surface area is 243 Å². The SMILES string of the molecule is COCCN1C[C@@H](NC(=O)Nc2c(C)c(-c3cnn(CCOC)c3)nn2-c2ccccc2)[C@H](c2ccc(F)c(F)c2)C1. The smallest absolute Gasteiger partial charge is 0.320 e. The maximum absolute atomic E-state index is 14.1. The Hall–Kier alpha value is -4.13. The van der Waals surface area contributed by atoms with Crippen molar-refractivity contribution in [3.05, 3.63) is 83.7 Å². The Morgan fingerprint density at radius 3 is 2.52 bits per heavy atom. The lowest BCUT2D eigenvalue weighted by Crippen LogP contribution is -2.42. The summed E-state index contributed by atoms with van der Waals surface area (Å²) in [6.07, 6.45) is 3.64. The number of ether oxygens (including phenoxy) is 2. The highest BCUT2D eigenvalue weighted by Crippen LogP contribution is 2.32. The molecule has 0 bridgehead atoms. The van der Waals surface area contributed by atoms with Crippen molar-refractivity contribution in [1.29, 1.82) is 0 Å². The van der Waals surface area contributed by atoms with Gasteiger partial charge in [0.05, 0.1) is 37.7 Å². The van der Waals surface area contributed by atoms with Gasteiger partial charge in [-0.3, -0.25) is 14.9 Å². The number of likely N-dealkylation sites (tertiary alicyclic amines) is 1. The number of nitrogens with one attached hydrogen (secondary N) is 2. The van der Waals surface area contributed by atoms with Crippen molar-refractivity contribution in [3.8, 4) is 16.9 Å². The molecule has 4 aromatic rings. The van der Waals surface area contributed by atoms with Crippen LogP contribution in [0.2, 0.25) is 0 Å². The number of hydrogen-bond acceptors (Lipinski definition) is 6. The van der Waals surface area contributed by atoms with Crippen molar-refractivity contribution in [1.82, 2.24) is 29.8 Å². The molecule has 12 heteroatoms. The average Bonchev–Trinajstić information content (AvgIpc) is 3.70. The predicted molar refractivity (Wildman–Crippen MR) is 155 cm³/mol. The minimum absolute atomic E-state index is 0.240. The molecule has 2 amide bonds. The lowest BCUT2D eigenvalue weighted by molar-refractivity contribution is 0.159. The van der Waals surface area contributed by atoms with Crippen LogP contribution in [-0.4, -0.2) is 83.6 Å². The number of hydrogen-bond donors (Lipinski definition) is 2. The molecule has 2 atom stereocenters. The number of carbonyl (C=O) groups is 1. The summed E-state index contributed by atoms with van der Waals surface area (Å²) >= 11 is 0. The molecule has 1 fully saturated rings. The third kappa shape index (κ3) is 6.51. The van der Waals surface area contributed by atoms with Gasteiger partial charge in [0.2, 0.25) is 0 Å². The maximum Gasteiger partial charge on any atom is 0.320 e. The van der Waals surface area contributed by atoms with Crippen LogP contribution >= 0.6 is 0 Å². The first-order chi connectivity index (χ1) is 20.4. The molecule has 2 aromatic heterocycles. The zero-order chi connectivity index (χ0) is 29.6. The molecule has 10 nitrogen and oxygen atoms in total. The highest BCUT2D eigenvalue weighted by Gasteiger charge is 2.35.